The molecule has 0 aromatic heterocycles. The van der Waals surface area contributed by atoms with Crippen LogP contribution < -0.4 is 5.32 Å². The van der Waals surface area contributed by atoms with Crippen molar-refractivity contribution in [1.82, 2.24) is 5.32 Å². The lowest BCUT2D eigenvalue weighted by Gasteiger charge is -2.40. The molecule has 0 bridgehead atoms. The zero-order chi connectivity index (χ0) is 57.9. The Labute approximate surface area is 495 Å². The van der Waals surface area contributed by atoms with E-state index in [1.807, 2.05) is 0 Å². The monoisotopic (exact) mass is 1130 g/mol. The molecule has 472 valence electrons. The summed E-state index contributed by atoms with van der Waals surface area (Å²) in [6.45, 7) is 3.88. The van der Waals surface area contributed by atoms with E-state index in [1.54, 1.807) is 0 Å². The summed E-state index contributed by atoms with van der Waals surface area (Å²) < 4.78 is 11.4. The Morgan fingerprint density at radius 1 is 0.425 bits per heavy atom. The van der Waals surface area contributed by atoms with Gasteiger partial charge in [-0.3, -0.25) is 4.79 Å². The van der Waals surface area contributed by atoms with Gasteiger partial charge in [0.2, 0.25) is 5.91 Å². The number of aliphatic hydroxyl groups excluding tert-OH is 5. The summed E-state index contributed by atoms with van der Waals surface area (Å²) in [5, 5.41) is 55.0. The van der Waals surface area contributed by atoms with Crippen molar-refractivity contribution in [2.24, 2.45) is 0 Å². The van der Waals surface area contributed by atoms with Gasteiger partial charge in [0.05, 0.1) is 25.4 Å². The normalized spacial score (nSPS) is 18.6. The highest BCUT2D eigenvalue weighted by Gasteiger charge is 2.44. The molecule has 0 saturated carbocycles. The number of hydrogen-bond donors (Lipinski definition) is 6. The Morgan fingerprint density at radius 2 is 0.738 bits per heavy atom. The molecule has 1 rings (SSSR count). The number of aliphatic hydroxyl groups is 5. The van der Waals surface area contributed by atoms with Crippen molar-refractivity contribution in [1.29, 1.82) is 0 Å². The van der Waals surface area contributed by atoms with Crippen LogP contribution in [-0.4, -0.2) is 87.5 Å². The second-order valence-corrected chi connectivity index (χ2v) is 24.7. The molecule has 1 saturated heterocycles. The fourth-order valence-corrected chi connectivity index (χ4v) is 11.5. The first kappa shape index (κ1) is 76.4. The van der Waals surface area contributed by atoms with Crippen molar-refractivity contribution in [2.45, 2.75) is 397 Å². The van der Waals surface area contributed by atoms with E-state index in [1.165, 1.54) is 276 Å². The van der Waals surface area contributed by atoms with Crippen molar-refractivity contribution >= 4 is 5.91 Å². The van der Waals surface area contributed by atoms with Crippen molar-refractivity contribution in [2.75, 3.05) is 13.2 Å². The van der Waals surface area contributed by atoms with E-state index in [0.717, 1.165) is 51.4 Å². The number of ether oxygens (including phenoxy) is 2. The van der Waals surface area contributed by atoms with Crippen LogP contribution in [0.3, 0.4) is 0 Å². The molecule has 1 fully saturated rings. The average molecular weight is 1130 g/mol. The molecule has 1 aliphatic heterocycles. The number of amides is 1. The molecule has 1 amide bonds. The molecule has 0 aromatic carbocycles. The Bertz CT molecular complexity index is 1360. The minimum atomic E-state index is -1.56. The topological polar surface area (TPSA) is 149 Å². The van der Waals surface area contributed by atoms with Gasteiger partial charge in [-0.2, -0.15) is 0 Å². The molecular weight excluding hydrogens is 995 g/mol. The first-order valence-corrected chi connectivity index (χ1v) is 35.2. The van der Waals surface area contributed by atoms with Crippen molar-refractivity contribution in [3.63, 3.8) is 0 Å². The molecule has 6 N–H and O–H groups in total. The number of hydrogen-bond acceptors (Lipinski definition) is 8. The Hall–Kier alpha value is -1.59. The van der Waals surface area contributed by atoms with Gasteiger partial charge < -0.3 is 40.3 Å². The molecule has 80 heavy (non-hydrogen) atoms. The Kier molecular flexibility index (Phi) is 57.8. The maximum absolute atomic E-state index is 13.1. The molecule has 0 aromatic rings. The predicted molar refractivity (Wildman–Crippen MR) is 341 cm³/mol. The Balaban J connectivity index is 2.11. The lowest BCUT2D eigenvalue weighted by Crippen LogP contribution is -2.60. The van der Waals surface area contributed by atoms with Gasteiger partial charge >= 0.3 is 0 Å². The third-order valence-corrected chi connectivity index (χ3v) is 17.0. The summed E-state index contributed by atoms with van der Waals surface area (Å²) >= 11 is 0. The molecule has 0 aliphatic carbocycles. The molecule has 1 heterocycles. The van der Waals surface area contributed by atoms with E-state index in [2.05, 4.69) is 55.6 Å². The van der Waals surface area contributed by atoms with Gasteiger partial charge in [0, 0.05) is 6.42 Å². The number of rotatable bonds is 62. The summed E-state index contributed by atoms with van der Waals surface area (Å²) in [4.78, 5) is 13.1. The van der Waals surface area contributed by atoms with Gasteiger partial charge in [-0.05, 0) is 51.4 Å². The predicted octanol–water partition coefficient (Wildman–Crippen LogP) is 19.0. The van der Waals surface area contributed by atoms with Gasteiger partial charge in [0.1, 0.15) is 24.4 Å². The van der Waals surface area contributed by atoms with E-state index in [0.29, 0.717) is 12.8 Å². The van der Waals surface area contributed by atoms with Crippen LogP contribution in [-0.2, 0) is 14.3 Å². The number of nitrogens with one attached hydrogen (secondary N) is 1. The number of unbranched alkanes of at least 4 members (excludes halogenated alkanes) is 46. The molecule has 9 nitrogen and oxygen atoms in total. The van der Waals surface area contributed by atoms with Crippen LogP contribution in [0.2, 0.25) is 0 Å². The van der Waals surface area contributed by atoms with Crippen LogP contribution in [0.5, 0.6) is 0 Å². The first-order valence-electron chi connectivity index (χ1n) is 35.2. The molecule has 0 spiro atoms. The summed E-state index contributed by atoms with van der Waals surface area (Å²) in [6.07, 6.45) is 73.5. The quantitative estimate of drug-likeness (QED) is 0.0261. The highest BCUT2D eigenvalue weighted by Crippen LogP contribution is 2.24. The minimum Gasteiger partial charge on any atom is -0.394 e. The van der Waals surface area contributed by atoms with E-state index < -0.39 is 49.5 Å². The van der Waals surface area contributed by atoms with Crippen LogP contribution in [0.1, 0.15) is 354 Å². The highest BCUT2D eigenvalue weighted by atomic mass is 16.7. The third-order valence-electron chi connectivity index (χ3n) is 17.0. The van der Waals surface area contributed by atoms with Crippen molar-refractivity contribution in [3.05, 3.63) is 36.5 Å². The van der Waals surface area contributed by atoms with Crippen molar-refractivity contribution < 1.29 is 39.8 Å². The van der Waals surface area contributed by atoms with E-state index >= 15 is 0 Å². The van der Waals surface area contributed by atoms with Crippen LogP contribution in [0.25, 0.3) is 0 Å². The standard InChI is InChI=1S/C71H135NO8/c1-3-5-7-9-11-13-15-17-19-21-23-25-27-29-31-32-33-35-36-38-40-42-44-46-48-50-52-54-56-58-60-65(74)64(63-79-71-70(78)69(77)68(76)66(62-73)80-71)72-67(75)61-59-57-55-53-51-49-47-45-43-41-39-37-34-30-28-26-24-22-20-18-16-14-12-10-8-6-4-2/h16,18,22,24,28,30,64-66,68-71,73-74,76-78H,3-15,17,19-21,23,25-27,29,31-63H2,1-2H3,(H,72,75)/b18-16-,24-22-,30-28-. The lowest BCUT2D eigenvalue weighted by atomic mass is 9.99. The van der Waals surface area contributed by atoms with Gasteiger partial charge in [0.25, 0.3) is 0 Å². The van der Waals surface area contributed by atoms with Crippen LogP contribution >= 0.6 is 0 Å². The average Bonchev–Trinajstić information content (AvgIpc) is 3.46. The lowest BCUT2D eigenvalue weighted by molar-refractivity contribution is -0.302. The van der Waals surface area contributed by atoms with Crippen LogP contribution in [0.15, 0.2) is 36.5 Å². The van der Waals surface area contributed by atoms with Gasteiger partial charge in [-0.1, -0.05) is 333 Å². The Morgan fingerprint density at radius 3 is 1.09 bits per heavy atom. The zero-order valence-electron chi connectivity index (χ0n) is 52.9. The minimum absolute atomic E-state index is 0.136. The summed E-state index contributed by atoms with van der Waals surface area (Å²) in [5.74, 6) is -0.141. The number of carbonyl (C=O) groups is 1. The first-order chi connectivity index (χ1) is 39.3. The largest absolute Gasteiger partial charge is 0.394 e. The maximum Gasteiger partial charge on any atom is 0.220 e. The van der Waals surface area contributed by atoms with Gasteiger partial charge in [0.15, 0.2) is 6.29 Å². The van der Waals surface area contributed by atoms with Gasteiger partial charge in [-0.25, -0.2) is 0 Å². The van der Waals surface area contributed by atoms with E-state index in [4.69, 9.17) is 9.47 Å². The van der Waals surface area contributed by atoms with Gasteiger partial charge in [-0.15, -0.1) is 0 Å². The second kappa shape index (κ2) is 60.5. The fourth-order valence-electron chi connectivity index (χ4n) is 11.5. The van der Waals surface area contributed by atoms with Crippen LogP contribution in [0, 0.1) is 0 Å². The fraction of sp³-hybridized carbons (Fsp3) is 0.901. The molecule has 0 radical (unpaired) electrons. The third kappa shape index (κ3) is 48.7. The highest BCUT2D eigenvalue weighted by molar-refractivity contribution is 5.76. The van der Waals surface area contributed by atoms with Crippen molar-refractivity contribution in [3.8, 4) is 0 Å². The van der Waals surface area contributed by atoms with E-state index in [-0.39, 0.29) is 12.5 Å². The molecule has 7 atom stereocenters. The number of allylic oxidation sites excluding steroid dienone is 6. The molecule has 1 aliphatic rings. The van der Waals surface area contributed by atoms with Crippen LogP contribution in [0.4, 0.5) is 0 Å². The molecule has 9 heteroatoms. The summed E-state index contributed by atoms with van der Waals surface area (Å²) in [7, 11) is 0. The number of carbonyl (C=O) groups excluding carboxylic acids is 1. The SMILES string of the molecule is CCCCCCC/C=C\C/C=C\C/C=C\CCCCCCCCCCCCCCC(=O)NC(COC1OC(CO)C(O)C(O)C1O)C(O)CCCCCCCCCCCCCCCCCCCCCCCCCCCCCCCC. The second-order valence-electron chi connectivity index (χ2n) is 24.7. The molecule has 7 unspecified atom stereocenters. The zero-order valence-corrected chi connectivity index (χ0v) is 52.9. The smallest absolute Gasteiger partial charge is 0.220 e. The maximum atomic E-state index is 13.1. The van der Waals surface area contributed by atoms with E-state index in [9.17, 15) is 30.3 Å². The molecular formula is C71H135NO8. The summed E-state index contributed by atoms with van der Waals surface area (Å²) in [5.41, 5.74) is 0. The summed E-state index contributed by atoms with van der Waals surface area (Å²) in [6, 6.07) is -0.722.